The van der Waals surface area contributed by atoms with Crippen molar-refractivity contribution in [2.24, 2.45) is 12.0 Å². The van der Waals surface area contributed by atoms with Crippen molar-refractivity contribution in [2.45, 2.75) is 27.2 Å². The summed E-state index contributed by atoms with van der Waals surface area (Å²) in [6.45, 7) is 6.21. The third kappa shape index (κ3) is 5.74. The molecule has 2 N–H and O–H groups in total. The zero-order valence-corrected chi connectivity index (χ0v) is 19.3. The van der Waals surface area contributed by atoms with Crippen LogP contribution in [0, 0.1) is 32.4 Å². The first-order chi connectivity index (χ1) is 15.7. The number of benzene rings is 2. The Morgan fingerprint density at radius 2 is 1.88 bits per heavy atom. The second kappa shape index (κ2) is 10.2. The minimum Gasteiger partial charge on any atom is -0.495 e. The number of halogens is 2. The highest BCUT2D eigenvalue weighted by Gasteiger charge is 2.15. The summed E-state index contributed by atoms with van der Waals surface area (Å²) in [4.78, 5) is 17.2. The molecular weight excluding hydrogens is 428 g/mol. The molecule has 0 saturated heterocycles. The summed E-state index contributed by atoms with van der Waals surface area (Å²) in [6, 6.07) is 8.52. The van der Waals surface area contributed by atoms with E-state index in [1.54, 1.807) is 13.2 Å². The Labute approximate surface area is 191 Å². The summed E-state index contributed by atoms with van der Waals surface area (Å²) in [6.07, 6.45) is 0.614. The van der Waals surface area contributed by atoms with Gasteiger partial charge in [0.15, 0.2) is 11.6 Å². The maximum Gasteiger partial charge on any atom is 0.258 e. The van der Waals surface area contributed by atoms with Crippen LogP contribution >= 0.6 is 0 Å². The fourth-order valence-electron chi connectivity index (χ4n) is 3.43. The lowest BCUT2D eigenvalue weighted by Gasteiger charge is -2.15. The largest absolute Gasteiger partial charge is 0.495 e. The van der Waals surface area contributed by atoms with Crippen LogP contribution < -0.4 is 15.4 Å². The molecule has 0 radical (unpaired) electrons. The fraction of sp³-hybridized carbons (Fsp3) is 0.292. The number of aromatic nitrogens is 2. The number of rotatable bonds is 6. The smallest absolute Gasteiger partial charge is 0.258 e. The number of hydrogen-bond acceptors (Lipinski definition) is 4. The van der Waals surface area contributed by atoms with Crippen LogP contribution in [0.4, 0.5) is 14.5 Å². The highest BCUT2D eigenvalue weighted by atomic mass is 19.2. The molecule has 7 nitrogen and oxygen atoms in total. The molecule has 0 aliphatic heterocycles. The van der Waals surface area contributed by atoms with Crippen molar-refractivity contribution < 1.29 is 18.3 Å². The first-order valence-electron chi connectivity index (χ1n) is 10.4. The van der Waals surface area contributed by atoms with Gasteiger partial charge in [-0.3, -0.25) is 19.8 Å². The number of nitrogens with one attached hydrogen (secondary N) is 2. The molecule has 0 spiro atoms. The Morgan fingerprint density at radius 3 is 2.52 bits per heavy atom. The lowest BCUT2D eigenvalue weighted by atomic mass is 10.1. The normalized spacial score (nSPS) is 11.4. The molecule has 0 saturated carbocycles. The number of carbonyl (C=O) groups is 1. The Bertz CT molecular complexity index is 1200. The standard InChI is InChI=1S/C24H27F2N5O2/c1-14-6-9-22(33-5)21(12-14)28-24(27-11-10-18-15(2)30-31(4)16(18)3)29-23(32)17-7-8-19(25)20(26)13-17/h6-9,12-13H,10-11H2,1-5H3,(H2,27,28,29,32). The number of aryl methyl sites for hydroxylation is 3. The Balaban J connectivity index is 1.86. The summed E-state index contributed by atoms with van der Waals surface area (Å²) in [7, 11) is 3.43. The molecule has 0 atom stereocenters. The SMILES string of the molecule is COc1ccc(C)cc1NC(=NCCc1c(C)nn(C)c1C)NC(=O)c1ccc(F)c(F)c1. The van der Waals surface area contributed by atoms with Gasteiger partial charge in [0.1, 0.15) is 5.75 Å². The predicted octanol–water partition coefficient (Wildman–Crippen LogP) is 4.07. The first-order valence-corrected chi connectivity index (χ1v) is 10.4. The van der Waals surface area contributed by atoms with Crippen molar-refractivity contribution in [3.05, 3.63) is 76.1 Å². The van der Waals surface area contributed by atoms with Crippen LogP contribution in [0.3, 0.4) is 0 Å². The van der Waals surface area contributed by atoms with Crippen LogP contribution in [-0.2, 0) is 13.5 Å². The van der Waals surface area contributed by atoms with E-state index in [9.17, 15) is 13.6 Å². The second-order valence-corrected chi connectivity index (χ2v) is 7.67. The number of carbonyl (C=O) groups excluding carboxylic acids is 1. The highest BCUT2D eigenvalue weighted by Crippen LogP contribution is 2.25. The van der Waals surface area contributed by atoms with E-state index in [2.05, 4.69) is 20.7 Å². The minimum absolute atomic E-state index is 0.0291. The van der Waals surface area contributed by atoms with Crippen molar-refractivity contribution in [2.75, 3.05) is 19.0 Å². The average Bonchev–Trinajstić information content (AvgIpc) is 3.01. The molecule has 3 aromatic rings. The molecule has 0 aliphatic carbocycles. The minimum atomic E-state index is -1.10. The van der Waals surface area contributed by atoms with Crippen LogP contribution in [0.1, 0.15) is 32.9 Å². The molecule has 0 aliphatic rings. The fourth-order valence-corrected chi connectivity index (χ4v) is 3.43. The van der Waals surface area contributed by atoms with Crippen molar-refractivity contribution in [1.29, 1.82) is 0 Å². The van der Waals surface area contributed by atoms with E-state index in [4.69, 9.17) is 4.74 Å². The Kier molecular flexibility index (Phi) is 7.42. The van der Waals surface area contributed by atoms with E-state index in [1.165, 1.54) is 6.07 Å². The number of anilines is 1. The lowest BCUT2D eigenvalue weighted by Crippen LogP contribution is -2.36. The van der Waals surface area contributed by atoms with E-state index in [0.717, 1.165) is 34.6 Å². The summed E-state index contributed by atoms with van der Waals surface area (Å²) < 4.78 is 34.1. The van der Waals surface area contributed by atoms with Gasteiger partial charge in [-0.2, -0.15) is 5.10 Å². The van der Waals surface area contributed by atoms with Crippen LogP contribution in [0.25, 0.3) is 0 Å². The zero-order chi connectivity index (χ0) is 24.1. The van der Waals surface area contributed by atoms with E-state index in [1.807, 2.05) is 44.6 Å². The van der Waals surface area contributed by atoms with Gasteiger partial charge in [-0.15, -0.1) is 0 Å². The average molecular weight is 456 g/mol. The summed E-state index contributed by atoms with van der Waals surface area (Å²) >= 11 is 0. The van der Waals surface area contributed by atoms with E-state index < -0.39 is 17.5 Å². The van der Waals surface area contributed by atoms with E-state index in [0.29, 0.717) is 24.4 Å². The maximum absolute atomic E-state index is 13.6. The van der Waals surface area contributed by atoms with Gasteiger partial charge in [0.05, 0.1) is 18.5 Å². The quantitative estimate of drug-likeness (QED) is 0.434. The van der Waals surface area contributed by atoms with Gasteiger partial charge in [0.25, 0.3) is 5.91 Å². The number of aliphatic imine (C=N–C) groups is 1. The van der Waals surface area contributed by atoms with Crippen LogP contribution in [0.5, 0.6) is 5.75 Å². The molecule has 1 amide bonds. The van der Waals surface area contributed by atoms with Crippen molar-refractivity contribution in [3.63, 3.8) is 0 Å². The number of amides is 1. The van der Waals surface area contributed by atoms with E-state index in [-0.39, 0.29) is 11.5 Å². The molecule has 9 heteroatoms. The van der Waals surface area contributed by atoms with Gasteiger partial charge in [0.2, 0.25) is 5.96 Å². The maximum atomic E-state index is 13.6. The Morgan fingerprint density at radius 1 is 1.12 bits per heavy atom. The Hall–Kier alpha value is -3.75. The third-order valence-corrected chi connectivity index (χ3v) is 5.31. The third-order valence-electron chi connectivity index (χ3n) is 5.31. The number of methoxy groups -OCH3 is 1. The van der Waals surface area contributed by atoms with Gasteiger partial charge in [-0.1, -0.05) is 6.07 Å². The highest BCUT2D eigenvalue weighted by molar-refractivity contribution is 6.10. The summed E-state index contributed by atoms with van der Waals surface area (Å²) in [5.74, 6) is -2.02. The topological polar surface area (TPSA) is 80.5 Å². The molecule has 0 fully saturated rings. The number of hydrogen-bond donors (Lipinski definition) is 2. The van der Waals surface area contributed by atoms with Gasteiger partial charge >= 0.3 is 0 Å². The lowest BCUT2D eigenvalue weighted by molar-refractivity contribution is 0.0976. The van der Waals surface area contributed by atoms with Crippen LogP contribution in [0.15, 0.2) is 41.4 Å². The number of guanidine groups is 1. The van der Waals surface area contributed by atoms with Gasteiger partial charge < -0.3 is 10.1 Å². The molecule has 2 aromatic carbocycles. The monoisotopic (exact) mass is 455 g/mol. The molecule has 1 heterocycles. The van der Waals surface area contributed by atoms with Crippen molar-refractivity contribution >= 4 is 17.6 Å². The van der Waals surface area contributed by atoms with Crippen molar-refractivity contribution in [1.82, 2.24) is 15.1 Å². The van der Waals surface area contributed by atoms with Crippen LogP contribution in [0.2, 0.25) is 0 Å². The van der Waals surface area contributed by atoms with Gasteiger partial charge in [0, 0.05) is 24.8 Å². The molecule has 1 aromatic heterocycles. The molecule has 0 unspecified atom stereocenters. The zero-order valence-electron chi connectivity index (χ0n) is 19.3. The van der Waals surface area contributed by atoms with Crippen molar-refractivity contribution in [3.8, 4) is 5.75 Å². The molecule has 3 rings (SSSR count). The van der Waals surface area contributed by atoms with Gasteiger partial charge in [-0.25, -0.2) is 8.78 Å². The molecule has 0 bridgehead atoms. The number of ether oxygens (including phenoxy) is 1. The molecule has 33 heavy (non-hydrogen) atoms. The molecule has 174 valence electrons. The summed E-state index contributed by atoms with van der Waals surface area (Å²) in [5, 5.41) is 10.2. The van der Waals surface area contributed by atoms with Gasteiger partial charge in [-0.05, 0) is 68.7 Å². The van der Waals surface area contributed by atoms with E-state index >= 15 is 0 Å². The van der Waals surface area contributed by atoms with Crippen LogP contribution in [-0.4, -0.2) is 35.3 Å². The second-order valence-electron chi connectivity index (χ2n) is 7.67. The number of nitrogens with zero attached hydrogens (tertiary/aromatic N) is 3. The molecular formula is C24H27F2N5O2. The first kappa shape index (κ1) is 23.9. The predicted molar refractivity (Wildman–Crippen MR) is 124 cm³/mol. The summed E-state index contributed by atoms with van der Waals surface area (Å²) in [5.41, 5.74) is 4.61.